The zero-order chi connectivity index (χ0) is 15.6. The second-order valence-corrected chi connectivity index (χ2v) is 7.15. The number of methoxy groups -OCH3 is 1. The first-order valence-electron chi connectivity index (χ1n) is 6.80. The van der Waals surface area contributed by atoms with Crippen LogP contribution in [0.3, 0.4) is 0 Å². The highest BCUT2D eigenvalue weighted by molar-refractivity contribution is 7.89. The Balaban J connectivity index is 2.17. The van der Waals surface area contributed by atoms with Crippen molar-refractivity contribution in [2.45, 2.75) is 24.7 Å². The maximum absolute atomic E-state index is 12.6. The largest absolute Gasteiger partial charge is 0.469 e. The van der Waals surface area contributed by atoms with Crippen molar-refractivity contribution in [2.75, 3.05) is 25.9 Å². The number of ether oxygens (including phenoxy) is 1. The number of nitrogens with two attached hydrogens (primary N) is 1. The molecule has 0 amide bonds. The highest BCUT2D eigenvalue weighted by Gasteiger charge is 2.33. The van der Waals surface area contributed by atoms with Crippen LogP contribution in [-0.2, 0) is 19.6 Å². The molecule has 0 unspecified atom stereocenters. The van der Waals surface area contributed by atoms with Gasteiger partial charge in [0.25, 0.3) is 0 Å². The van der Waals surface area contributed by atoms with Crippen LogP contribution in [0, 0.1) is 12.8 Å². The van der Waals surface area contributed by atoms with Gasteiger partial charge in [-0.2, -0.15) is 4.31 Å². The first-order chi connectivity index (χ1) is 9.86. The molecule has 0 radical (unpaired) electrons. The van der Waals surface area contributed by atoms with Crippen molar-refractivity contribution >= 4 is 21.7 Å². The molecule has 2 rings (SSSR count). The summed E-state index contributed by atoms with van der Waals surface area (Å²) in [4.78, 5) is 11.6. The van der Waals surface area contributed by atoms with Crippen molar-refractivity contribution in [2.24, 2.45) is 5.92 Å². The number of hydrogen-bond donors (Lipinski definition) is 1. The fourth-order valence-electron chi connectivity index (χ4n) is 2.54. The zero-order valence-corrected chi connectivity index (χ0v) is 13.0. The van der Waals surface area contributed by atoms with E-state index in [1.165, 1.54) is 17.5 Å². The molecule has 1 aromatic carbocycles. The van der Waals surface area contributed by atoms with Gasteiger partial charge in [-0.15, -0.1) is 0 Å². The van der Waals surface area contributed by atoms with Gasteiger partial charge in [0.05, 0.1) is 18.7 Å². The molecule has 116 valence electrons. The predicted molar refractivity (Wildman–Crippen MR) is 79.1 cm³/mol. The summed E-state index contributed by atoms with van der Waals surface area (Å²) in [6.07, 6.45) is 0.940. The number of rotatable bonds is 3. The predicted octanol–water partition coefficient (Wildman–Crippen LogP) is 1.15. The fourth-order valence-corrected chi connectivity index (χ4v) is 4.11. The SMILES string of the molecule is COC(=O)C1CCN(S(=O)(=O)c2ccc(C)cc2N)CC1. The molecule has 0 atom stereocenters. The number of nitrogens with zero attached hydrogens (tertiary/aromatic N) is 1. The Morgan fingerprint density at radius 1 is 1.33 bits per heavy atom. The molecule has 1 aliphatic heterocycles. The van der Waals surface area contributed by atoms with Crippen molar-refractivity contribution in [1.82, 2.24) is 4.31 Å². The minimum atomic E-state index is -3.61. The summed E-state index contributed by atoms with van der Waals surface area (Å²) in [6.45, 7) is 2.46. The third-order valence-corrected chi connectivity index (χ3v) is 5.74. The molecule has 0 spiro atoms. The van der Waals surface area contributed by atoms with Crippen molar-refractivity contribution < 1.29 is 17.9 Å². The highest BCUT2D eigenvalue weighted by Crippen LogP contribution is 2.27. The molecule has 0 bridgehead atoms. The van der Waals surface area contributed by atoms with E-state index in [0.29, 0.717) is 25.9 Å². The lowest BCUT2D eigenvalue weighted by Gasteiger charge is -2.30. The van der Waals surface area contributed by atoms with Gasteiger partial charge in [0.2, 0.25) is 10.0 Å². The van der Waals surface area contributed by atoms with Crippen LogP contribution < -0.4 is 5.73 Å². The summed E-state index contributed by atoms with van der Waals surface area (Å²) in [5.41, 5.74) is 7.00. The van der Waals surface area contributed by atoms with Crippen LogP contribution in [0.15, 0.2) is 23.1 Å². The third kappa shape index (κ3) is 3.19. The minimum absolute atomic E-state index is 0.129. The number of hydrogen-bond acceptors (Lipinski definition) is 5. The molecular formula is C14H20N2O4S. The molecule has 1 saturated heterocycles. The molecule has 1 aliphatic rings. The standard InChI is InChI=1S/C14H20N2O4S/c1-10-3-4-13(12(15)9-10)21(18,19)16-7-5-11(6-8-16)14(17)20-2/h3-4,9,11H,5-8,15H2,1-2H3. The Labute approximate surface area is 124 Å². The smallest absolute Gasteiger partial charge is 0.308 e. The Morgan fingerprint density at radius 2 is 1.95 bits per heavy atom. The number of benzene rings is 1. The van der Waals surface area contributed by atoms with Gasteiger partial charge in [-0.25, -0.2) is 8.42 Å². The number of esters is 1. The van der Waals surface area contributed by atoms with Crippen molar-refractivity contribution in [3.05, 3.63) is 23.8 Å². The lowest BCUT2D eigenvalue weighted by molar-refractivity contribution is -0.146. The summed E-state index contributed by atoms with van der Waals surface area (Å²) in [6, 6.07) is 4.91. The van der Waals surface area contributed by atoms with Crippen LogP contribution in [0.4, 0.5) is 5.69 Å². The van der Waals surface area contributed by atoms with E-state index in [2.05, 4.69) is 0 Å². The summed E-state index contributed by atoms with van der Waals surface area (Å²) < 4.78 is 31.3. The van der Waals surface area contributed by atoms with Gasteiger partial charge in [0.15, 0.2) is 0 Å². The second kappa shape index (κ2) is 6.03. The number of nitrogen functional groups attached to an aromatic ring is 1. The minimum Gasteiger partial charge on any atom is -0.469 e. The maximum atomic E-state index is 12.6. The topological polar surface area (TPSA) is 89.7 Å². The van der Waals surface area contributed by atoms with Crippen LogP contribution in [0.25, 0.3) is 0 Å². The molecule has 1 aromatic rings. The first kappa shape index (κ1) is 15.8. The molecular weight excluding hydrogens is 292 g/mol. The molecule has 1 fully saturated rings. The highest BCUT2D eigenvalue weighted by atomic mass is 32.2. The molecule has 0 aromatic heterocycles. The van der Waals surface area contributed by atoms with E-state index in [0.717, 1.165) is 5.56 Å². The molecule has 0 saturated carbocycles. The average molecular weight is 312 g/mol. The van der Waals surface area contributed by atoms with E-state index in [-0.39, 0.29) is 22.5 Å². The van der Waals surface area contributed by atoms with Gasteiger partial charge in [0, 0.05) is 13.1 Å². The number of anilines is 1. The van der Waals surface area contributed by atoms with Gasteiger partial charge in [-0.1, -0.05) is 6.07 Å². The van der Waals surface area contributed by atoms with Crippen LogP contribution in [0.5, 0.6) is 0 Å². The Kier molecular flexibility index (Phi) is 4.53. The van der Waals surface area contributed by atoms with Gasteiger partial charge in [-0.05, 0) is 37.5 Å². The first-order valence-corrected chi connectivity index (χ1v) is 8.24. The van der Waals surface area contributed by atoms with Crippen LogP contribution in [0.1, 0.15) is 18.4 Å². The van der Waals surface area contributed by atoms with E-state index in [1.54, 1.807) is 12.1 Å². The Hall–Kier alpha value is -1.60. The summed E-state index contributed by atoms with van der Waals surface area (Å²) in [5, 5.41) is 0. The van der Waals surface area contributed by atoms with Crippen LogP contribution in [-0.4, -0.2) is 38.9 Å². The molecule has 7 heteroatoms. The monoisotopic (exact) mass is 312 g/mol. The third-order valence-electron chi connectivity index (χ3n) is 3.77. The lowest BCUT2D eigenvalue weighted by Crippen LogP contribution is -2.40. The summed E-state index contributed by atoms with van der Waals surface area (Å²) in [5.74, 6) is -0.501. The second-order valence-electron chi connectivity index (χ2n) is 5.24. The number of carbonyl (C=O) groups excluding carboxylic acids is 1. The lowest BCUT2D eigenvalue weighted by atomic mass is 9.99. The Morgan fingerprint density at radius 3 is 2.48 bits per heavy atom. The molecule has 2 N–H and O–H groups in total. The van der Waals surface area contributed by atoms with E-state index >= 15 is 0 Å². The van der Waals surface area contributed by atoms with Crippen molar-refractivity contribution in [3.8, 4) is 0 Å². The average Bonchev–Trinajstić information content (AvgIpc) is 2.46. The number of carbonyl (C=O) groups is 1. The van der Waals surface area contributed by atoms with Crippen molar-refractivity contribution in [3.63, 3.8) is 0 Å². The van der Waals surface area contributed by atoms with E-state index in [9.17, 15) is 13.2 Å². The summed E-state index contributed by atoms with van der Waals surface area (Å²) in [7, 11) is -2.26. The summed E-state index contributed by atoms with van der Waals surface area (Å²) >= 11 is 0. The number of sulfonamides is 1. The van der Waals surface area contributed by atoms with Crippen LogP contribution in [0.2, 0.25) is 0 Å². The van der Waals surface area contributed by atoms with Gasteiger partial charge in [0.1, 0.15) is 4.90 Å². The maximum Gasteiger partial charge on any atom is 0.308 e. The normalized spacial score (nSPS) is 17.6. The van der Waals surface area contributed by atoms with Gasteiger partial charge in [-0.3, -0.25) is 4.79 Å². The molecule has 6 nitrogen and oxygen atoms in total. The van der Waals surface area contributed by atoms with Gasteiger partial charge < -0.3 is 10.5 Å². The molecule has 21 heavy (non-hydrogen) atoms. The fraction of sp³-hybridized carbons (Fsp3) is 0.500. The van der Waals surface area contributed by atoms with Crippen LogP contribution >= 0.6 is 0 Å². The number of piperidine rings is 1. The molecule has 0 aliphatic carbocycles. The quantitative estimate of drug-likeness (QED) is 0.668. The van der Waals surface area contributed by atoms with Crippen molar-refractivity contribution in [1.29, 1.82) is 0 Å². The van der Waals surface area contributed by atoms with Gasteiger partial charge >= 0.3 is 5.97 Å². The van der Waals surface area contributed by atoms with E-state index in [4.69, 9.17) is 10.5 Å². The zero-order valence-electron chi connectivity index (χ0n) is 12.2. The molecule has 1 heterocycles. The van der Waals surface area contributed by atoms with E-state index in [1.807, 2.05) is 6.92 Å². The van der Waals surface area contributed by atoms with E-state index < -0.39 is 10.0 Å². The Bertz CT molecular complexity index is 634. The number of aryl methyl sites for hydroxylation is 1.